The maximum absolute atomic E-state index is 13.0. The summed E-state index contributed by atoms with van der Waals surface area (Å²) in [4.78, 5) is 23.3. The molecule has 1 saturated heterocycles. The maximum atomic E-state index is 13.0. The number of alkyl halides is 3. The van der Waals surface area contributed by atoms with Gasteiger partial charge in [0.25, 0.3) is 0 Å². The fraction of sp³-hybridized carbons (Fsp3) is 0.323. The van der Waals surface area contributed by atoms with Gasteiger partial charge in [0.05, 0.1) is 47.0 Å². The van der Waals surface area contributed by atoms with Crippen LogP contribution < -0.4 is 4.74 Å². The third kappa shape index (κ3) is 6.17. The molecule has 2 aromatic heterocycles. The summed E-state index contributed by atoms with van der Waals surface area (Å²) in [5.74, 6) is 0.238. The molecule has 0 unspecified atom stereocenters. The van der Waals surface area contributed by atoms with E-state index in [0.29, 0.717) is 31.1 Å². The zero-order valence-corrected chi connectivity index (χ0v) is 22.7. The van der Waals surface area contributed by atoms with Gasteiger partial charge in [0.2, 0.25) is 5.88 Å². The first-order chi connectivity index (χ1) is 20.2. The highest BCUT2D eigenvalue weighted by molar-refractivity contribution is 5.92. The third-order valence-electron chi connectivity index (χ3n) is 7.61. The van der Waals surface area contributed by atoms with E-state index in [1.54, 1.807) is 30.3 Å². The molecule has 42 heavy (non-hydrogen) atoms. The molecule has 4 aromatic rings. The number of nitrogens with zero attached hydrogens (tertiary/aromatic N) is 4. The Labute approximate surface area is 240 Å². The van der Waals surface area contributed by atoms with Crippen molar-refractivity contribution < 1.29 is 32.5 Å². The molecule has 0 radical (unpaired) electrons. The normalized spacial score (nSPS) is 17.6. The molecule has 0 saturated carbocycles. The molecule has 1 fully saturated rings. The lowest BCUT2D eigenvalue weighted by Gasteiger charge is -2.29. The second-order valence-electron chi connectivity index (χ2n) is 10.5. The van der Waals surface area contributed by atoms with Crippen LogP contribution in [0.4, 0.5) is 13.2 Å². The average Bonchev–Trinajstić information content (AvgIpc) is 3.30. The Balaban J connectivity index is 1.13. The number of halogens is 3. The molecule has 2 aliphatic rings. The summed E-state index contributed by atoms with van der Waals surface area (Å²) in [5, 5.41) is 9.48. The van der Waals surface area contributed by atoms with Crippen LogP contribution in [0.5, 0.6) is 5.88 Å². The summed E-state index contributed by atoms with van der Waals surface area (Å²) in [5.41, 5.74) is 3.32. The first-order valence-corrected chi connectivity index (χ1v) is 13.7. The van der Waals surface area contributed by atoms with Crippen molar-refractivity contribution in [2.24, 2.45) is 0 Å². The molecule has 218 valence electrons. The van der Waals surface area contributed by atoms with Crippen LogP contribution in [-0.4, -0.2) is 56.3 Å². The SMILES string of the molecule is O=C(O)c1ccc2nc(CN3CC=C(c4cccc(OCc5cccc(C(F)(F)F)c5)n4)CC3)n(C[C@@H]3CCO3)c2c1. The molecule has 1 N–H and O–H groups in total. The van der Waals surface area contributed by atoms with Crippen molar-refractivity contribution in [1.82, 2.24) is 19.4 Å². The fourth-order valence-corrected chi connectivity index (χ4v) is 5.22. The van der Waals surface area contributed by atoms with Gasteiger partial charge in [-0.05, 0) is 60.4 Å². The molecule has 11 heteroatoms. The van der Waals surface area contributed by atoms with Crippen LogP contribution in [0.1, 0.15) is 45.8 Å². The number of hydrogen-bond acceptors (Lipinski definition) is 6. The fourth-order valence-electron chi connectivity index (χ4n) is 5.22. The first kappa shape index (κ1) is 27.9. The number of carboxylic acid groups (broad SMARTS) is 1. The molecule has 4 heterocycles. The van der Waals surface area contributed by atoms with E-state index in [-0.39, 0.29) is 18.3 Å². The largest absolute Gasteiger partial charge is 0.478 e. The molecule has 2 aliphatic heterocycles. The van der Waals surface area contributed by atoms with Crippen molar-refractivity contribution in [3.8, 4) is 5.88 Å². The number of carbonyl (C=O) groups is 1. The summed E-state index contributed by atoms with van der Waals surface area (Å²) in [6.45, 7) is 3.39. The van der Waals surface area contributed by atoms with Gasteiger partial charge in [0.15, 0.2) is 0 Å². The van der Waals surface area contributed by atoms with Gasteiger partial charge >= 0.3 is 12.1 Å². The smallest absolute Gasteiger partial charge is 0.416 e. The molecule has 1 atom stereocenters. The van der Waals surface area contributed by atoms with Crippen molar-refractivity contribution in [3.05, 3.63) is 94.9 Å². The summed E-state index contributed by atoms with van der Waals surface area (Å²) < 4.78 is 52.5. The Morgan fingerprint density at radius 1 is 1.10 bits per heavy atom. The van der Waals surface area contributed by atoms with E-state index >= 15 is 0 Å². The van der Waals surface area contributed by atoms with E-state index in [1.165, 1.54) is 6.07 Å². The van der Waals surface area contributed by atoms with Gasteiger partial charge in [-0.2, -0.15) is 13.2 Å². The highest BCUT2D eigenvalue weighted by Gasteiger charge is 2.30. The Morgan fingerprint density at radius 2 is 1.93 bits per heavy atom. The van der Waals surface area contributed by atoms with E-state index in [2.05, 4.69) is 20.5 Å². The third-order valence-corrected chi connectivity index (χ3v) is 7.61. The monoisotopic (exact) mass is 578 g/mol. The van der Waals surface area contributed by atoms with Crippen molar-refractivity contribution in [1.29, 1.82) is 0 Å². The van der Waals surface area contributed by atoms with E-state index in [9.17, 15) is 23.1 Å². The highest BCUT2D eigenvalue weighted by atomic mass is 19.4. The van der Waals surface area contributed by atoms with Gasteiger partial charge < -0.3 is 19.1 Å². The minimum atomic E-state index is -4.41. The molecule has 0 bridgehead atoms. The van der Waals surface area contributed by atoms with E-state index in [1.807, 2.05) is 12.1 Å². The molecule has 0 spiro atoms. The van der Waals surface area contributed by atoms with Gasteiger partial charge in [0.1, 0.15) is 12.4 Å². The van der Waals surface area contributed by atoms with Crippen LogP contribution >= 0.6 is 0 Å². The number of ether oxygens (including phenoxy) is 2. The van der Waals surface area contributed by atoms with Crippen LogP contribution in [0.2, 0.25) is 0 Å². The predicted octanol–water partition coefficient (Wildman–Crippen LogP) is 5.81. The van der Waals surface area contributed by atoms with Crippen LogP contribution in [0.3, 0.4) is 0 Å². The van der Waals surface area contributed by atoms with Crippen LogP contribution in [0.15, 0.2) is 66.7 Å². The number of hydrogen-bond donors (Lipinski definition) is 1. The molecule has 6 rings (SSSR count). The van der Waals surface area contributed by atoms with E-state index in [4.69, 9.17) is 14.5 Å². The predicted molar refractivity (Wildman–Crippen MR) is 149 cm³/mol. The quantitative estimate of drug-likeness (QED) is 0.268. The molecular weight excluding hydrogens is 549 g/mol. The lowest BCUT2D eigenvalue weighted by Crippen LogP contribution is -2.33. The lowest BCUT2D eigenvalue weighted by molar-refractivity contribution is -0.137. The van der Waals surface area contributed by atoms with Crippen LogP contribution in [0, 0.1) is 0 Å². The van der Waals surface area contributed by atoms with Crippen LogP contribution in [-0.2, 0) is 30.6 Å². The number of benzene rings is 2. The van der Waals surface area contributed by atoms with Gasteiger partial charge in [-0.1, -0.05) is 24.3 Å². The second kappa shape index (κ2) is 11.6. The Kier molecular flexibility index (Phi) is 7.70. The van der Waals surface area contributed by atoms with Crippen molar-refractivity contribution in [2.75, 3.05) is 19.7 Å². The number of pyridine rings is 1. The molecular formula is C31H29F3N4O4. The average molecular weight is 579 g/mol. The summed E-state index contributed by atoms with van der Waals surface area (Å²) in [6.07, 6.45) is -0.483. The van der Waals surface area contributed by atoms with E-state index in [0.717, 1.165) is 66.3 Å². The summed E-state index contributed by atoms with van der Waals surface area (Å²) in [6, 6.07) is 15.5. The lowest BCUT2D eigenvalue weighted by atomic mass is 10.0. The number of aromatic nitrogens is 3. The number of rotatable bonds is 9. The van der Waals surface area contributed by atoms with Crippen molar-refractivity contribution in [3.63, 3.8) is 0 Å². The van der Waals surface area contributed by atoms with E-state index < -0.39 is 17.7 Å². The molecule has 8 nitrogen and oxygen atoms in total. The molecule has 2 aromatic carbocycles. The Hall–Kier alpha value is -4.22. The minimum Gasteiger partial charge on any atom is -0.478 e. The van der Waals surface area contributed by atoms with Gasteiger partial charge in [-0.3, -0.25) is 4.90 Å². The number of imidazole rings is 1. The zero-order valence-electron chi connectivity index (χ0n) is 22.7. The van der Waals surface area contributed by atoms with Crippen molar-refractivity contribution >= 4 is 22.6 Å². The number of fused-ring (bicyclic) bond motifs is 1. The number of aromatic carboxylic acids is 1. The van der Waals surface area contributed by atoms with Crippen LogP contribution in [0.25, 0.3) is 16.6 Å². The Morgan fingerprint density at radius 3 is 2.64 bits per heavy atom. The molecule has 0 amide bonds. The summed E-state index contributed by atoms with van der Waals surface area (Å²) >= 11 is 0. The highest BCUT2D eigenvalue weighted by Crippen LogP contribution is 2.30. The second-order valence-corrected chi connectivity index (χ2v) is 10.5. The van der Waals surface area contributed by atoms with Crippen molar-refractivity contribution in [2.45, 2.75) is 44.8 Å². The standard InChI is InChI=1S/C31H29F3N4O4/c32-31(33,34)23-4-1-3-20(15-23)19-42-29-6-2-5-25(36-29)21-9-12-37(13-10-21)18-28-35-26-8-7-22(30(39)40)16-27(26)38(28)17-24-11-14-41-24/h1-9,15-16,24H,10-14,17-19H2,(H,39,40)/t24-/m0/s1. The van der Waals surface area contributed by atoms with Gasteiger partial charge in [-0.25, -0.2) is 14.8 Å². The first-order valence-electron chi connectivity index (χ1n) is 13.7. The summed E-state index contributed by atoms with van der Waals surface area (Å²) in [7, 11) is 0. The molecule has 0 aliphatic carbocycles. The minimum absolute atomic E-state index is 0.0198. The Bertz CT molecular complexity index is 1640. The maximum Gasteiger partial charge on any atom is 0.416 e. The van der Waals surface area contributed by atoms with Gasteiger partial charge in [-0.15, -0.1) is 0 Å². The zero-order chi connectivity index (χ0) is 29.3. The number of carboxylic acids is 1. The van der Waals surface area contributed by atoms with Gasteiger partial charge in [0, 0.05) is 25.8 Å². The topological polar surface area (TPSA) is 89.7 Å².